The van der Waals surface area contributed by atoms with Crippen molar-refractivity contribution in [1.82, 2.24) is 5.32 Å². The van der Waals surface area contributed by atoms with E-state index < -0.39 is 6.04 Å². The Morgan fingerprint density at radius 3 is 2.79 bits per heavy atom. The van der Waals surface area contributed by atoms with E-state index in [1.165, 1.54) is 0 Å². The van der Waals surface area contributed by atoms with Crippen molar-refractivity contribution >= 4 is 5.91 Å². The normalized spacial score (nSPS) is 24.7. The first kappa shape index (κ1) is 14.0. The average Bonchev–Trinajstić information content (AvgIpc) is 2.40. The molecule has 19 heavy (non-hydrogen) atoms. The van der Waals surface area contributed by atoms with Crippen LogP contribution >= 0.6 is 0 Å². The van der Waals surface area contributed by atoms with E-state index >= 15 is 0 Å². The molecule has 0 heterocycles. The molecule has 3 atom stereocenters. The number of aliphatic hydroxyl groups excluding tert-OH is 1. The first-order valence-electron chi connectivity index (χ1n) is 6.93. The summed E-state index contributed by atoms with van der Waals surface area (Å²) in [5.41, 5.74) is 6.99. The number of rotatable bonds is 4. The molecule has 1 aromatic rings. The fourth-order valence-corrected chi connectivity index (χ4v) is 2.56. The number of nitrogens with one attached hydrogen (secondary N) is 1. The third kappa shape index (κ3) is 4.33. The highest BCUT2D eigenvalue weighted by atomic mass is 16.3. The summed E-state index contributed by atoms with van der Waals surface area (Å²) in [4.78, 5) is 12.0. The molecule has 104 valence electrons. The maximum atomic E-state index is 12.0. The van der Waals surface area contributed by atoms with Gasteiger partial charge in [0.05, 0.1) is 12.1 Å². The zero-order chi connectivity index (χ0) is 13.7. The Kier molecular flexibility index (Phi) is 4.93. The summed E-state index contributed by atoms with van der Waals surface area (Å²) in [5.74, 6) is -0.122. The van der Waals surface area contributed by atoms with Gasteiger partial charge in [-0.15, -0.1) is 0 Å². The molecule has 1 aliphatic rings. The molecule has 4 N–H and O–H groups in total. The third-order valence-electron chi connectivity index (χ3n) is 3.63. The molecule has 0 saturated heterocycles. The first-order valence-corrected chi connectivity index (χ1v) is 6.93. The molecule has 4 heteroatoms. The maximum Gasteiger partial charge on any atom is 0.237 e. The summed E-state index contributed by atoms with van der Waals surface area (Å²) < 4.78 is 0. The van der Waals surface area contributed by atoms with Crippen molar-refractivity contribution in [3.63, 3.8) is 0 Å². The van der Waals surface area contributed by atoms with Gasteiger partial charge < -0.3 is 16.2 Å². The van der Waals surface area contributed by atoms with Crippen LogP contribution in [0.25, 0.3) is 0 Å². The minimum atomic E-state index is -0.526. The second kappa shape index (κ2) is 6.68. The van der Waals surface area contributed by atoms with Crippen LogP contribution in [-0.4, -0.2) is 29.2 Å². The summed E-state index contributed by atoms with van der Waals surface area (Å²) in [5, 5.41) is 12.5. The summed E-state index contributed by atoms with van der Waals surface area (Å²) >= 11 is 0. The van der Waals surface area contributed by atoms with Gasteiger partial charge in [0.25, 0.3) is 0 Å². The van der Waals surface area contributed by atoms with Crippen LogP contribution in [0.3, 0.4) is 0 Å². The Morgan fingerprint density at radius 2 is 2.11 bits per heavy atom. The highest BCUT2D eigenvalue weighted by Gasteiger charge is 2.23. The Labute approximate surface area is 114 Å². The fourth-order valence-electron chi connectivity index (χ4n) is 2.56. The van der Waals surface area contributed by atoms with Crippen LogP contribution in [0.1, 0.15) is 31.2 Å². The predicted octanol–water partition coefficient (Wildman–Crippen LogP) is 0.976. The largest absolute Gasteiger partial charge is 0.393 e. The number of amides is 1. The lowest BCUT2D eigenvalue weighted by Gasteiger charge is -2.27. The summed E-state index contributed by atoms with van der Waals surface area (Å²) in [7, 11) is 0. The molecule has 1 aliphatic carbocycles. The minimum Gasteiger partial charge on any atom is -0.393 e. The van der Waals surface area contributed by atoms with E-state index in [1.54, 1.807) is 0 Å². The molecule has 1 amide bonds. The number of nitrogens with two attached hydrogens (primary N) is 1. The van der Waals surface area contributed by atoms with E-state index in [2.05, 4.69) is 5.32 Å². The van der Waals surface area contributed by atoms with E-state index in [1.807, 2.05) is 30.3 Å². The molecule has 1 saturated carbocycles. The van der Waals surface area contributed by atoms with Crippen molar-refractivity contribution in [2.24, 2.45) is 5.73 Å². The highest BCUT2D eigenvalue weighted by Crippen LogP contribution is 2.18. The van der Waals surface area contributed by atoms with E-state index in [0.29, 0.717) is 12.8 Å². The quantitative estimate of drug-likeness (QED) is 0.757. The second-order valence-corrected chi connectivity index (χ2v) is 5.32. The van der Waals surface area contributed by atoms with Gasteiger partial charge in [-0.05, 0) is 37.7 Å². The van der Waals surface area contributed by atoms with E-state index in [0.717, 1.165) is 24.8 Å². The van der Waals surface area contributed by atoms with Gasteiger partial charge in [-0.1, -0.05) is 30.3 Å². The predicted molar refractivity (Wildman–Crippen MR) is 74.5 cm³/mol. The van der Waals surface area contributed by atoms with Crippen molar-refractivity contribution in [3.05, 3.63) is 35.9 Å². The van der Waals surface area contributed by atoms with Gasteiger partial charge >= 0.3 is 0 Å². The molecule has 2 unspecified atom stereocenters. The van der Waals surface area contributed by atoms with Crippen molar-refractivity contribution in [2.45, 2.75) is 50.3 Å². The van der Waals surface area contributed by atoms with E-state index in [9.17, 15) is 9.90 Å². The third-order valence-corrected chi connectivity index (χ3v) is 3.63. The zero-order valence-electron chi connectivity index (χ0n) is 11.1. The van der Waals surface area contributed by atoms with Crippen molar-refractivity contribution < 1.29 is 9.90 Å². The molecular formula is C15H22N2O2. The van der Waals surface area contributed by atoms with Gasteiger partial charge in [0.2, 0.25) is 5.91 Å². The van der Waals surface area contributed by atoms with Crippen LogP contribution < -0.4 is 11.1 Å². The lowest BCUT2D eigenvalue weighted by atomic mass is 9.92. The Hall–Kier alpha value is -1.39. The van der Waals surface area contributed by atoms with Crippen molar-refractivity contribution in [1.29, 1.82) is 0 Å². The van der Waals surface area contributed by atoms with Crippen LogP contribution in [-0.2, 0) is 11.2 Å². The number of hydrogen-bond donors (Lipinski definition) is 3. The van der Waals surface area contributed by atoms with Gasteiger partial charge in [0, 0.05) is 6.04 Å². The maximum absolute atomic E-state index is 12.0. The van der Waals surface area contributed by atoms with Crippen LogP contribution in [0, 0.1) is 0 Å². The molecule has 2 rings (SSSR count). The SMILES string of the molecule is N[C@@H](Cc1ccccc1)C(=O)NC1CCCC(O)C1. The van der Waals surface area contributed by atoms with Gasteiger partial charge in [0.1, 0.15) is 0 Å². The van der Waals surface area contributed by atoms with E-state index in [4.69, 9.17) is 5.73 Å². The van der Waals surface area contributed by atoms with Gasteiger partial charge in [-0.3, -0.25) is 4.79 Å². The summed E-state index contributed by atoms with van der Waals surface area (Å²) in [6.07, 6.45) is 3.62. The van der Waals surface area contributed by atoms with Crippen LogP contribution in [0.5, 0.6) is 0 Å². The zero-order valence-corrected chi connectivity index (χ0v) is 11.1. The van der Waals surface area contributed by atoms with Crippen molar-refractivity contribution in [2.75, 3.05) is 0 Å². The van der Waals surface area contributed by atoms with Crippen molar-refractivity contribution in [3.8, 4) is 0 Å². The average molecular weight is 262 g/mol. The number of benzene rings is 1. The second-order valence-electron chi connectivity index (χ2n) is 5.32. The lowest BCUT2D eigenvalue weighted by Crippen LogP contribution is -2.48. The van der Waals surface area contributed by atoms with Crippen LogP contribution in [0.4, 0.5) is 0 Å². The van der Waals surface area contributed by atoms with Gasteiger partial charge in [0.15, 0.2) is 0 Å². The monoisotopic (exact) mass is 262 g/mol. The highest BCUT2D eigenvalue weighted by molar-refractivity contribution is 5.82. The molecule has 0 bridgehead atoms. The molecule has 4 nitrogen and oxygen atoms in total. The Bertz CT molecular complexity index is 408. The summed E-state index contributed by atoms with van der Waals surface area (Å²) in [6.45, 7) is 0. The number of aliphatic hydroxyl groups is 1. The lowest BCUT2D eigenvalue weighted by molar-refractivity contribution is -0.123. The standard InChI is InChI=1S/C15H22N2O2/c16-14(9-11-5-2-1-3-6-11)15(19)17-12-7-4-8-13(18)10-12/h1-3,5-6,12-14,18H,4,7-10,16H2,(H,17,19)/t12?,13?,14-/m0/s1. The molecule has 1 fully saturated rings. The summed E-state index contributed by atoms with van der Waals surface area (Å²) in [6, 6.07) is 9.31. The smallest absolute Gasteiger partial charge is 0.237 e. The first-order chi connectivity index (χ1) is 9.15. The molecular weight excluding hydrogens is 240 g/mol. The fraction of sp³-hybridized carbons (Fsp3) is 0.533. The Balaban J connectivity index is 1.82. The molecule has 0 radical (unpaired) electrons. The molecule has 0 aliphatic heterocycles. The number of carbonyl (C=O) groups excluding carboxylic acids is 1. The topological polar surface area (TPSA) is 75.4 Å². The van der Waals surface area contributed by atoms with E-state index in [-0.39, 0.29) is 18.1 Å². The molecule has 0 aromatic heterocycles. The molecule has 1 aromatic carbocycles. The number of carbonyl (C=O) groups is 1. The Morgan fingerprint density at radius 1 is 1.37 bits per heavy atom. The number of hydrogen-bond acceptors (Lipinski definition) is 3. The minimum absolute atomic E-state index is 0.0677. The van der Waals surface area contributed by atoms with Gasteiger partial charge in [-0.25, -0.2) is 0 Å². The van der Waals surface area contributed by atoms with Gasteiger partial charge in [-0.2, -0.15) is 0 Å². The van der Waals surface area contributed by atoms with Crippen LogP contribution in [0.2, 0.25) is 0 Å². The van der Waals surface area contributed by atoms with Crippen LogP contribution in [0.15, 0.2) is 30.3 Å². The molecule has 0 spiro atoms.